The van der Waals surface area contributed by atoms with E-state index in [2.05, 4.69) is 163 Å². The molecule has 0 bridgehead atoms. The van der Waals surface area contributed by atoms with Crippen LogP contribution in [0.25, 0.3) is 76.9 Å². The highest BCUT2D eigenvalue weighted by Crippen LogP contribution is 2.47. The largest absolute Gasteiger partial charge is 0.455 e. The molecule has 8 aromatic carbocycles. The maximum atomic E-state index is 6.75. The minimum Gasteiger partial charge on any atom is -0.455 e. The summed E-state index contributed by atoms with van der Waals surface area (Å²) in [7, 11) is 0. The molecule has 0 aliphatic heterocycles. The molecule has 10 aromatic rings. The van der Waals surface area contributed by atoms with Gasteiger partial charge in [0.2, 0.25) is 0 Å². The summed E-state index contributed by atoms with van der Waals surface area (Å²) in [5.74, 6) is 0. The number of nitrogens with zero attached hydrogens (tertiary/aromatic N) is 1. The monoisotopic (exact) mass is 627 g/mol. The molecular weight excluding hydrogens is 599 g/mol. The second kappa shape index (κ2) is 11.0. The van der Waals surface area contributed by atoms with Crippen LogP contribution < -0.4 is 4.90 Å². The third kappa shape index (κ3) is 4.44. The minimum atomic E-state index is 0.862. The van der Waals surface area contributed by atoms with Gasteiger partial charge in [-0.25, -0.2) is 0 Å². The summed E-state index contributed by atoms with van der Waals surface area (Å²) in [5, 5.41) is 6.74. The third-order valence-corrected chi connectivity index (χ3v) is 9.64. The van der Waals surface area contributed by atoms with E-state index in [9.17, 15) is 0 Å². The van der Waals surface area contributed by atoms with E-state index in [4.69, 9.17) is 8.83 Å². The van der Waals surface area contributed by atoms with Gasteiger partial charge in [-0.15, -0.1) is 0 Å². The van der Waals surface area contributed by atoms with Crippen molar-refractivity contribution in [1.29, 1.82) is 0 Å². The zero-order valence-corrected chi connectivity index (χ0v) is 26.5. The van der Waals surface area contributed by atoms with E-state index in [1.54, 1.807) is 0 Å². The van der Waals surface area contributed by atoms with Crippen LogP contribution in [0.5, 0.6) is 0 Å². The van der Waals surface area contributed by atoms with Crippen molar-refractivity contribution in [3.63, 3.8) is 0 Å². The molecule has 0 saturated carbocycles. The topological polar surface area (TPSA) is 29.5 Å². The van der Waals surface area contributed by atoms with E-state index >= 15 is 0 Å². The summed E-state index contributed by atoms with van der Waals surface area (Å²) in [4.78, 5) is 2.35. The van der Waals surface area contributed by atoms with Crippen molar-refractivity contribution < 1.29 is 8.83 Å². The van der Waals surface area contributed by atoms with Crippen LogP contribution in [0.15, 0.2) is 185 Å². The molecule has 3 nitrogen and oxygen atoms in total. The van der Waals surface area contributed by atoms with E-state index < -0.39 is 0 Å². The molecule has 0 spiro atoms. The fraction of sp³-hybridized carbons (Fsp3) is 0. The molecule has 0 fully saturated rings. The average molecular weight is 628 g/mol. The Morgan fingerprint density at radius 1 is 0.347 bits per heavy atom. The molecule has 0 aliphatic carbocycles. The molecule has 0 amide bonds. The van der Waals surface area contributed by atoms with Gasteiger partial charge in [0.25, 0.3) is 0 Å². The first-order valence-electron chi connectivity index (χ1n) is 16.6. The highest BCUT2D eigenvalue weighted by Gasteiger charge is 2.23. The molecule has 0 unspecified atom stereocenters. The summed E-state index contributed by atoms with van der Waals surface area (Å²) < 4.78 is 13.2. The first-order valence-corrected chi connectivity index (χ1v) is 16.6. The number of hydrogen-bond donors (Lipinski definition) is 0. The Hall–Kier alpha value is -6.58. The maximum absolute atomic E-state index is 6.75. The molecule has 2 heterocycles. The van der Waals surface area contributed by atoms with Crippen LogP contribution in [0.3, 0.4) is 0 Å². The zero-order valence-electron chi connectivity index (χ0n) is 26.5. The molecule has 0 atom stereocenters. The highest BCUT2D eigenvalue weighted by molar-refractivity contribution is 6.19. The van der Waals surface area contributed by atoms with Crippen molar-refractivity contribution in [3.05, 3.63) is 176 Å². The number of anilines is 3. The molecule has 10 rings (SSSR count). The number of fused-ring (bicyclic) bond motifs is 7. The van der Waals surface area contributed by atoms with E-state index in [1.165, 1.54) is 5.56 Å². The normalized spacial score (nSPS) is 11.7. The van der Waals surface area contributed by atoms with Crippen LogP contribution in [0.1, 0.15) is 0 Å². The Kier molecular flexibility index (Phi) is 6.18. The van der Waals surface area contributed by atoms with E-state index in [0.29, 0.717) is 0 Å². The van der Waals surface area contributed by atoms with Crippen LogP contribution in [-0.4, -0.2) is 0 Å². The summed E-state index contributed by atoms with van der Waals surface area (Å²) in [6, 6.07) is 62.0. The maximum Gasteiger partial charge on any atom is 0.160 e. The Bertz CT molecular complexity index is 2830. The van der Waals surface area contributed by atoms with Crippen LogP contribution in [0.4, 0.5) is 17.1 Å². The summed E-state index contributed by atoms with van der Waals surface area (Å²) in [6.45, 7) is 0. The van der Waals surface area contributed by atoms with Gasteiger partial charge in [0.15, 0.2) is 5.58 Å². The molecule has 3 heteroatoms. The predicted octanol–water partition coefficient (Wildman–Crippen LogP) is 13.4. The van der Waals surface area contributed by atoms with Crippen molar-refractivity contribution in [2.75, 3.05) is 4.90 Å². The summed E-state index contributed by atoms with van der Waals surface area (Å²) >= 11 is 0. The van der Waals surface area contributed by atoms with E-state index in [0.717, 1.165) is 88.4 Å². The number of para-hydroxylation sites is 3. The number of furan rings is 2. The van der Waals surface area contributed by atoms with Gasteiger partial charge in [-0.3, -0.25) is 0 Å². The smallest absolute Gasteiger partial charge is 0.160 e. The third-order valence-electron chi connectivity index (χ3n) is 9.64. The molecule has 230 valence electrons. The van der Waals surface area contributed by atoms with Crippen LogP contribution in [0.2, 0.25) is 0 Å². The molecule has 49 heavy (non-hydrogen) atoms. The van der Waals surface area contributed by atoms with Crippen molar-refractivity contribution in [2.24, 2.45) is 0 Å². The lowest BCUT2D eigenvalue weighted by Crippen LogP contribution is -2.11. The fourth-order valence-electron chi connectivity index (χ4n) is 7.35. The number of rotatable bonds is 5. The molecule has 0 radical (unpaired) electrons. The van der Waals surface area contributed by atoms with Crippen LogP contribution in [0, 0.1) is 0 Å². The second-order valence-electron chi connectivity index (χ2n) is 12.5. The molecule has 0 aliphatic rings. The van der Waals surface area contributed by atoms with Gasteiger partial charge in [0.1, 0.15) is 16.7 Å². The Labute approximate surface area is 282 Å². The van der Waals surface area contributed by atoms with Gasteiger partial charge >= 0.3 is 0 Å². The van der Waals surface area contributed by atoms with Crippen LogP contribution >= 0.6 is 0 Å². The zero-order chi connectivity index (χ0) is 32.3. The first-order chi connectivity index (χ1) is 24.3. The minimum absolute atomic E-state index is 0.862. The predicted molar refractivity (Wildman–Crippen MR) is 204 cm³/mol. The van der Waals surface area contributed by atoms with E-state index in [1.807, 2.05) is 18.2 Å². The Balaban J connectivity index is 1.22. The number of benzene rings is 8. The first kappa shape index (κ1) is 27.5. The lowest BCUT2D eigenvalue weighted by atomic mass is 9.99. The van der Waals surface area contributed by atoms with Crippen molar-refractivity contribution in [1.82, 2.24) is 0 Å². The SMILES string of the molecule is c1ccc(-c2cccc(N(c3ccc(-c4cccc5c4oc4ccccc45)cc3)c3c4ccccc4cc4c3oc3ccccc34)c2)cc1. The fourth-order valence-corrected chi connectivity index (χ4v) is 7.35. The van der Waals surface area contributed by atoms with Gasteiger partial charge in [0.05, 0.1) is 5.69 Å². The lowest BCUT2D eigenvalue weighted by molar-refractivity contribution is 0.669. The standard InChI is InChI=1S/C46H29NO2/c1-2-12-30(13-3-1)32-15-10-16-35(28-32)47(44-36-17-5-4-14-33(36)29-41-39-19-7-9-23-43(39)49-46(41)44)34-26-24-31(25-27-34)37-20-11-21-40-38-18-6-8-22-42(38)48-45(37)40/h1-29H. The summed E-state index contributed by atoms with van der Waals surface area (Å²) in [5.41, 5.74) is 11.1. The molecule has 0 N–H and O–H groups in total. The van der Waals surface area contributed by atoms with Gasteiger partial charge in [-0.1, -0.05) is 133 Å². The van der Waals surface area contributed by atoms with Gasteiger partial charge < -0.3 is 13.7 Å². The van der Waals surface area contributed by atoms with Crippen molar-refractivity contribution in [2.45, 2.75) is 0 Å². The molecule has 0 saturated heterocycles. The van der Waals surface area contributed by atoms with Gasteiger partial charge in [0, 0.05) is 43.9 Å². The quantitative estimate of drug-likeness (QED) is 0.190. The summed E-state index contributed by atoms with van der Waals surface area (Å²) in [6.07, 6.45) is 0. The van der Waals surface area contributed by atoms with E-state index in [-0.39, 0.29) is 0 Å². The van der Waals surface area contributed by atoms with Crippen molar-refractivity contribution in [3.8, 4) is 22.3 Å². The Morgan fingerprint density at radius 2 is 0.959 bits per heavy atom. The average Bonchev–Trinajstić information content (AvgIpc) is 3.74. The second-order valence-corrected chi connectivity index (χ2v) is 12.5. The van der Waals surface area contributed by atoms with Gasteiger partial charge in [-0.05, 0) is 64.5 Å². The Morgan fingerprint density at radius 3 is 1.76 bits per heavy atom. The molecular formula is C46H29NO2. The van der Waals surface area contributed by atoms with Crippen molar-refractivity contribution >= 4 is 71.7 Å². The van der Waals surface area contributed by atoms with Gasteiger partial charge in [-0.2, -0.15) is 0 Å². The highest BCUT2D eigenvalue weighted by atomic mass is 16.3. The van der Waals surface area contributed by atoms with Crippen LogP contribution in [-0.2, 0) is 0 Å². The molecule has 2 aromatic heterocycles. The number of hydrogen-bond acceptors (Lipinski definition) is 3. The lowest BCUT2D eigenvalue weighted by Gasteiger charge is -2.27.